The van der Waals surface area contributed by atoms with Crippen LogP contribution in [0.2, 0.25) is 0 Å². The van der Waals surface area contributed by atoms with Gasteiger partial charge >= 0.3 is 19.3 Å². The van der Waals surface area contributed by atoms with E-state index in [4.69, 9.17) is 14.2 Å². The Morgan fingerprint density at radius 2 is 1.85 bits per heavy atom. The van der Waals surface area contributed by atoms with Crippen LogP contribution in [-0.2, 0) is 25.9 Å². The highest BCUT2D eigenvalue weighted by molar-refractivity contribution is 7.92. The molecule has 0 aliphatic heterocycles. The van der Waals surface area contributed by atoms with Crippen LogP contribution in [0.5, 0.6) is 5.75 Å². The number of anilines is 1. The van der Waals surface area contributed by atoms with Crippen molar-refractivity contribution in [2.24, 2.45) is 0 Å². The van der Waals surface area contributed by atoms with Gasteiger partial charge in [-0.25, -0.2) is 22.4 Å². The van der Waals surface area contributed by atoms with Gasteiger partial charge in [-0.05, 0) is 68.9 Å². The third-order valence-electron chi connectivity index (χ3n) is 5.94. The molecular weight excluding hydrogens is 546 g/mol. The van der Waals surface area contributed by atoms with Crippen LogP contribution in [0.1, 0.15) is 50.9 Å². The van der Waals surface area contributed by atoms with Crippen LogP contribution in [0.4, 0.5) is 19.7 Å². The van der Waals surface area contributed by atoms with Gasteiger partial charge < -0.3 is 29.2 Å². The molecule has 0 bridgehead atoms. The van der Waals surface area contributed by atoms with Crippen LogP contribution in [0.25, 0.3) is 0 Å². The summed E-state index contributed by atoms with van der Waals surface area (Å²) in [7, 11) is -2.63. The monoisotopic (exact) mass is 580 g/mol. The van der Waals surface area contributed by atoms with Gasteiger partial charge in [0.05, 0.1) is 23.8 Å². The number of hydrogen-bond acceptors (Lipinski definition) is 9. The van der Waals surface area contributed by atoms with Crippen LogP contribution in [0.15, 0.2) is 41.3 Å². The summed E-state index contributed by atoms with van der Waals surface area (Å²) in [6, 6.07) is 8.05. The number of halogens is 1. The van der Waals surface area contributed by atoms with Crippen LogP contribution >= 0.6 is 0 Å². The molecular formula is C26H34BFN2O9S. The van der Waals surface area contributed by atoms with Crippen LogP contribution < -0.4 is 15.5 Å². The lowest BCUT2D eigenvalue weighted by molar-refractivity contribution is 0.0283. The molecule has 40 heavy (non-hydrogen) atoms. The molecule has 0 spiro atoms. The molecule has 1 saturated carbocycles. The first-order valence-corrected chi connectivity index (χ1v) is 14.1. The molecule has 3 N–H and O–H groups in total. The Labute approximate surface area is 233 Å². The zero-order valence-electron chi connectivity index (χ0n) is 23.0. The van der Waals surface area contributed by atoms with Crippen molar-refractivity contribution in [2.45, 2.75) is 62.1 Å². The molecule has 2 aromatic carbocycles. The van der Waals surface area contributed by atoms with Crippen molar-refractivity contribution in [3.8, 4) is 5.75 Å². The number of nitrogens with zero attached hydrogens (tertiary/aromatic N) is 1. The molecule has 14 heteroatoms. The van der Waals surface area contributed by atoms with E-state index in [1.165, 1.54) is 55.5 Å². The topological polar surface area (TPSA) is 152 Å². The first-order valence-electron chi connectivity index (χ1n) is 12.5. The molecule has 2 aromatic rings. The second kappa shape index (κ2) is 12.4. The molecule has 1 fully saturated rings. The van der Waals surface area contributed by atoms with Gasteiger partial charge in [0.25, 0.3) is 0 Å². The fourth-order valence-corrected chi connectivity index (χ4v) is 5.68. The lowest BCUT2D eigenvalue weighted by atomic mass is 9.79. The van der Waals surface area contributed by atoms with Gasteiger partial charge in [0, 0.05) is 18.3 Å². The maximum atomic E-state index is 14.9. The second-order valence-corrected chi connectivity index (χ2v) is 12.7. The number of methoxy groups -OCH3 is 1. The number of ether oxygens (including phenoxy) is 3. The first-order chi connectivity index (χ1) is 18.6. The van der Waals surface area contributed by atoms with Crippen molar-refractivity contribution in [1.82, 2.24) is 4.90 Å². The highest BCUT2D eigenvalue weighted by Gasteiger charge is 2.38. The molecule has 1 aliphatic carbocycles. The molecule has 3 rings (SSSR count). The maximum Gasteiger partial charge on any atom is 0.488 e. The van der Waals surface area contributed by atoms with Gasteiger partial charge in [0.1, 0.15) is 18.0 Å². The summed E-state index contributed by atoms with van der Waals surface area (Å²) in [4.78, 5) is 26.2. The van der Waals surface area contributed by atoms with Crippen LogP contribution in [-0.4, -0.2) is 74.3 Å². The van der Waals surface area contributed by atoms with Crippen molar-refractivity contribution in [3.63, 3.8) is 0 Å². The summed E-state index contributed by atoms with van der Waals surface area (Å²) in [6.45, 7) is 4.36. The summed E-state index contributed by atoms with van der Waals surface area (Å²) in [5.74, 6) is 0.0494. The summed E-state index contributed by atoms with van der Waals surface area (Å²) >= 11 is 0. The van der Waals surface area contributed by atoms with Crippen LogP contribution in [0.3, 0.4) is 0 Å². The predicted molar refractivity (Wildman–Crippen MR) is 146 cm³/mol. The average Bonchev–Trinajstić information content (AvgIpc) is 3.72. The van der Waals surface area contributed by atoms with E-state index in [1.54, 1.807) is 20.8 Å². The Bertz CT molecular complexity index is 1340. The number of rotatable bonds is 10. The Morgan fingerprint density at radius 3 is 2.42 bits per heavy atom. The van der Waals surface area contributed by atoms with E-state index in [0.29, 0.717) is 12.8 Å². The molecule has 0 aromatic heterocycles. The van der Waals surface area contributed by atoms with Gasteiger partial charge in [-0.2, -0.15) is 0 Å². The number of carbonyl (C=O) groups is 2. The number of carbonyl (C=O) groups excluding carboxylic acids is 2. The van der Waals surface area contributed by atoms with E-state index in [1.807, 2.05) is 0 Å². The van der Waals surface area contributed by atoms with Crippen LogP contribution in [0, 0.1) is 0 Å². The van der Waals surface area contributed by atoms with E-state index in [9.17, 15) is 32.4 Å². The van der Waals surface area contributed by atoms with Gasteiger partial charge in [-0.1, -0.05) is 12.1 Å². The third-order valence-corrected chi connectivity index (χ3v) is 8.30. The van der Waals surface area contributed by atoms with E-state index in [-0.39, 0.29) is 39.5 Å². The van der Waals surface area contributed by atoms with E-state index >= 15 is 0 Å². The number of nitrogens with one attached hydrogen (secondary N) is 1. The fourth-order valence-electron chi connectivity index (χ4n) is 3.82. The number of sulfone groups is 1. The van der Waals surface area contributed by atoms with Gasteiger partial charge in [-0.3, -0.25) is 5.32 Å². The lowest BCUT2D eigenvalue weighted by Crippen LogP contribution is -2.34. The smallest absolute Gasteiger partial charge is 0.488 e. The molecule has 2 amide bonds. The molecule has 1 aliphatic rings. The Morgan fingerprint density at radius 1 is 1.18 bits per heavy atom. The molecule has 0 unspecified atom stereocenters. The van der Waals surface area contributed by atoms with E-state index < -0.39 is 52.8 Å². The molecule has 11 nitrogen and oxygen atoms in total. The maximum absolute atomic E-state index is 14.9. The largest absolute Gasteiger partial charge is 0.496 e. The number of hydrogen-bond donors (Lipinski definition) is 3. The minimum Gasteiger partial charge on any atom is -0.496 e. The SMILES string of the molecule is COc1cc(B(O)O)ccc1[C@@H](F)COC(=O)Nc1ccc(S(=O)(=O)C2CC2)c(CN(C)C(=O)OC(C)(C)C)c1. The van der Waals surface area contributed by atoms with Crippen molar-refractivity contribution >= 4 is 40.3 Å². The molecule has 1 atom stereocenters. The lowest BCUT2D eigenvalue weighted by Gasteiger charge is -2.25. The summed E-state index contributed by atoms with van der Waals surface area (Å²) in [6.07, 6.45) is -2.32. The standard InChI is InChI=1S/C26H34BFN2O9S/c1-26(2,3)39-25(32)30(4)14-16-12-18(7-11-23(16)40(35,36)19-8-9-19)29-24(31)38-15-21(28)20-10-6-17(27(33)34)13-22(20)37-5/h6-7,10-13,19,21,33-34H,8-9,14-15H2,1-5H3,(H,29,31)/t21-/m0/s1. The Kier molecular flexibility index (Phi) is 9.70. The highest BCUT2D eigenvalue weighted by atomic mass is 32.2. The molecule has 0 radical (unpaired) electrons. The normalized spacial score (nSPS) is 14.2. The van der Waals surface area contributed by atoms with Gasteiger partial charge in [0.15, 0.2) is 16.0 Å². The summed E-state index contributed by atoms with van der Waals surface area (Å²) < 4.78 is 56.4. The van der Waals surface area contributed by atoms with E-state index in [2.05, 4.69) is 5.32 Å². The van der Waals surface area contributed by atoms with Crippen molar-refractivity contribution < 1.29 is 46.7 Å². The Balaban J connectivity index is 1.73. The zero-order chi connectivity index (χ0) is 29.8. The van der Waals surface area contributed by atoms with E-state index in [0.717, 1.165) is 0 Å². The van der Waals surface area contributed by atoms with Crippen molar-refractivity contribution in [2.75, 3.05) is 26.1 Å². The number of benzene rings is 2. The highest BCUT2D eigenvalue weighted by Crippen LogP contribution is 2.36. The quantitative estimate of drug-likeness (QED) is 0.360. The third kappa shape index (κ3) is 8.09. The summed E-state index contributed by atoms with van der Waals surface area (Å²) in [5, 5.41) is 20.5. The van der Waals surface area contributed by atoms with Crippen molar-refractivity contribution in [3.05, 3.63) is 47.5 Å². The number of alkyl halides is 1. The molecule has 0 saturated heterocycles. The average molecular weight is 580 g/mol. The molecule has 218 valence electrons. The summed E-state index contributed by atoms with van der Waals surface area (Å²) in [5.41, 5.74) is -0.144. The second-order valence-electron chi connectivity index (χ2n) is 10.5. The predicted octanol–water partition coefficient (Wildman–Crippen LogP) is 2.94. The number of amides is 2. The van der Waals surface area contributed by atoms with Gasteiger partial charge in [-0.15, -0.1) is 0 Å². The Hall–Kier alpha value is -3.36. The minimum absolute atomic E-state index is 0.0433. The minimum atomic E-state index is -3.63. The van der Waals surface area contributed by atoms with Crippen molar-refractivity contribution in [1.29, 1.82) is 0 Å². The fraction of sp³-hybridized carbons (Fsp3) is 0.462. The zero-order valence-corrected chi connectivity index (χ0v) is 23.8. The molecule has 0 heterocycles. The van der Waals surface area contributed by atoms with Gasteiger partial charge in [0.2, 0.25) is 0 Å². The first kappa shape index (κ1) is 31.2.